The van der Waals surface area contributed by atoms with Crippen LogP contribution in [0.1, 0.15) is 23.3 Å². The molecule has 1 saturated heterocycles. The van der Waals surface area contributed by atoms with Gasteiger partial charge < -0.3 is 15.5 Å². The Bertz CT molecular complexity index is 1010. The van der Waals surface area contributed by atoms with E-state index in [9.17, 15) is 9.18 Å². The molecule has 4 rings (SSSR count). The van der Waals surface area contributed by atoms with Crippen LogP contribution in [0.5, 0.6) is 0 Å². The van der Waals surface area contributed by atoms with Crippen LogP contribution >= 0.6 is 0 Å². The van der Waals surface area contributed by atoms with Crippen molar-refractivity contribution in [1.29, 1.82) is 0 Å². The van der Waals surface area contributed by atoms with Crippen molar-refractivity contribution in [3.63, 3.8) is 0 Å². The van der Waals surface area contributed by atoms with Crippen LogP contribution in [0.3, 0.4) is 0 Å². The number of benzene rings is 1. The van der Waals surface area contributed by atoms with Crippen molar-refractivity contribution in [2.75, 3.05) is 36.4 Å². The molecule has 0 aliphatic carbocycles. The average Bonchev–Trinajstić information content (AvgIpc) is 3.42. The minimum absolute atomic E-state index is 0.225. The zero-order valence-corrected chi connectivity index (χ0v) is 16.8. The van der Waals surface area contributed by atoms with Crippen LogP contribution < -0.4 is 15.5 Å². The third kappa shape index (κ3) is 4.56. The van der Waals surface area contributed by atoms with E-state index in [4.69, 9.17) is 0 Å². The maximum Gasteiger partial charge on any atom is 0.269 e. The minimum atomic E-state index is -0.309. The average molecular weight is 409 g/mol. The van der Waals surface area contributed by atoms with E-state index >= 15 is 0 Å². The van der Waals surface area contributed by atoms with Crippen LogP contribution in [-0.2, 0) is 7.05 Å². The first kappa shape index (κ1) is 19.8. The Labute approximate surface area is 174 Å². The van der Waals surface area contributed by atoms with Crippen LogP contribution in [0.15, 0.2) is 42.6 Å². The monoisotopic (exact) mass is 409 g/mol. The zero-order chi connectivity index (χ0) is 20.9. The molecule has 0 spiro atoms. The number of carbonyl (C=O) groups excluding carboxylic acids is 1. The van der Waals surface area contributed by atoms with Crippen molar-refractivity contribution >= 4 is 17.4 Å². The Hall–Kier alpha value is -3.49. The standard InChI is InChI=1S/C21H24FN7O/c1-28-19(13-18(27-28)15-4-6-16(22)7-5-15)21(30)24-9-8-23-20-12-17(14-25-26-20)29-10-2-3-11-29/h4-7,12-14H,2-3,8-11H2,1H3,(H,23,26)(H,24,30). The molecule has 9 heteroatoms. The molecule has 2 aromatic heterocycles. The number of aryl methyl sites for hydroxylation is 1. The lowest BCUT2D eigenvalue weighted by Crippen LogP contribution is -2.30. The van der Waals surface area contributed by atoms with Gasteiger partial charge in [0.05, 0.1) is 17.6 Å². The Balaban J connectivity index is 1.30. The maximum absolute atomic E-state index is 13.1. The summed E-state index contributed by atoms with van der Waals surface area (Å²) < 4.78 is 14.6. The molecule has 1 aliphatic rings. The largest absolute Gasteiger partial charge is 0.370 e. The summed E-state index contributed by atoms with van der Waals surface area (Å²) in [6.07, 6.45) is 4.18. The third-order valence-electron chi connectivity index (χ3n) is 5.08. The fraction of sp³-hybridized carbons (Fsp3) is 0.333. The van der Waals surface area contributed by atoms with Crippen LogP contribution in [0.25, 0.3) is 11.3 Å². The molecule has 3 aromatic rings. The van der Waals surface area contributed by atoms with Gasteiger partial charge in [0, 0.05) is 44.9 Å². The van der Waals surface area contributed by atoms with Crippen molar-refractivity contribution in [3.05, 3.63) is 54.1 Å². The summed E-state index contributed by atoms with van der Waals surface area (Å²) in [5.74, 6) is 0.153. The van der Waals surface area contributed by atoms with Crippen molar-refractivity contribution in [1.82, 2.24) is 25.3 Å². The molecule has 1 amide bonds. The molecule has 8 nitrogen and oxygen atoms in total. The fourth-order valence-corrected chi connectivity index (χ4v) is 3.49. The summed E-state index contributed by atoms with van der Waals surface area (Å²) >= 11 is 0. The third-order valence-corrected chi connectivity index (χ3v) is 5.08. The molecule has 2 N–H and O–H groups in total. The van der Waals surface area contributed by atoms with Gasteiger partial charge in [-0.05, 0) is 43.2 Å². The van der Waals surface area contributed by atoms with E-state index in [0.717, 1.165) is 24.3 Å². The summed E-state index contributed by atoms with van der Waals surface area (Å²) in [4.78, 5) is 14.8. The highest BCUT2D eigenvalue weighted by Gasteiger charge is 2.15. The van der Waals surface area contributed by atoms with Gasteiger partial charge in [-0.15, -0.1) is 5.10 Å². The number of hydrogen-bond acceptors (Lipinski definition) is 6. The zero-order valence-electron chi connectivity index (χ0n) is 16.8. The van der Waals surface area contributed by atoms with Crippen molar-refractivity contribution in [2.24, 2.45) is 7.05 Å². The molecule has 156 valence electrons. The Morgan fingerprint density at radius 3 is 2.67 bits per heavy atom. The first-order chi connectivity index (χ1) is 14.6. The van der Waals surface area contributed by atoms with E-state index in [1.165, 1.54) is 29.7 Å². The first-order valence-electron chi connectivity index (χ1n) is 10.00. The molecule has 1 aliphatic heterocycles. The molecule has 0 unspecified atom stereocenters. The lowest BCUT2D eigenvalue weighted by atomic mass is 10.1. The van der Waals surface area contributed by atoms with Gasteiger partial charge in [0.15, 0.2) is 5.82 Å². The second-order valence-corrected chi connectivity index (χ2v) is 7.22. The smallest absolute Gasteiger partial charge is 0.269 e. The Kier molecular flexibility index (Phi) is 5.87. The lowest BCUT2D eigenvalue weighted by molar-refractivity contribution is 0.0946. The second-order valence-electron chi connectivity index (χ2n) is 7.22. The van der Waals surface area contributed by atoms with Crippen LogP contribution in [0, 0.1) is 5.82 Å². The topological polar surface area (TPSA) is 88.0 Å². The Morgan fingerprint density at radius 2 is 1.90 bits per heavy atom. The highest BCUT2D eigenvalue weighted by molar-refractivity contribution is 5.93. The summed E-state index contributed by atoms with van der Waals surface area (Å²) in [5, 5.41) is 18.6. The molecule has 0 radical (unpaired) electrons. The van der Waals surface area contributed by atoms with E-state index in [1.807, 2.05) is 6.07 Å². The van der Waals surface area contributed by atoms with E-state index in [0.29, 0.717) is 30.3 Å². The van der Waals surface area contributed by atoms with Crippen LogP contribution in [0.2, 0.25) is 0 Å². The van der Waals surface area contributed by atoms with E-state index in [-0.39, 0.29) is 11.7 Å². The van der Waals surface area contributed by atoms with Gasteiger partial charge >= 0.3 is 0 Å². The quantitative estimate of drug-likeness (QED) is 0.583. The molecular formula is C21H24FN7O. The number of amides is 1. The SMILES string of the molecule is Cn1nc(-c2ccc(F)cc2)cc1C(=O)NCCNc1cc(N2CCCC2)cnn1. The number of hydrogen-bond donors (Lipinski definition) is 2. The molecule has 1 fully saturated rings. The van der Waals surface area contributed by atoms with E-state index in [1.54, 1.807) is 31.4 Å². The van der Waals surface area contributed by atoms with Gasteiger partial charge in [0.2, 0.25) is 0 Å². The van der Waals surface area contributed by atoms with Gasteiger partial charge in [-0.3, -0.25) is 9.48 Å². The summed E-state index contributed by atoms with van der Waals surface area (Å²) in [5.41, 5.74) is 2.88. The van der Waals surface area contributed by atoms with Crippen molar-refractivity contribution in [3.8, 4) is 11.3 Å². The molecule has 0 saturated carbocycles. The predicted molar refractivity (Wildman–Crippen MR) is 113 cm³/mol. The summed E-state index contributed by atoms with van der Waals surface area (Å²) in [7, 11) is 1.71. The first-order valence-corrected chi connectivity index (χ1v) is 10.00. The van der Waals surface area contributed by atoms with Gasteiger partial charge in [-0.2, -0.15) is 10.2 Å². The molecule has 0 atom stereocenters. The number of halogens is 1. The van der Waals surface area contributed by atoms with Crippen LogP contribution in [-0.4, -0.2) is 52.1 Å². The van der Waals surface area contributed by atoms with Crippen molar-refractivity contribution in [2.45, 2.75) is 12.8 Å². The molecule has 30 heavy (non-hydrogen) atoms. The van der Waals surface area contributed by atoms with Crippen LogP contribution in [0.4, 0.5) is 15.9 Å². The minimum Gasteiger partial charge on any atom is -0.370 e. The predicted octanol–water partition coefficient (Wildman–Crippen LogP) is 2.46. The number of anilines is 2. The second kappa shape index (κ2) is 8.89. The van der Waals surface area contributed by atoms with E-state index < -0.39 is 0 Å². The Morgan fingerprint density at radius 1 is 1.13 bits per heavy atom. The van der Waals surface area contributed by atoms with Gasteiger partial charge in [0.25, 0.3) is 5.91 Å². The van der Waals surface area contributed by atoms with E-state index in [2.05, 4.69) is 30.8 Å². The molecular weight excluding hydrogens is 385 g/mol. The number of rotatable bonds is 7. The van der Waals surface area contributed by atoms with Gasteiger partial charge in [0.1, 0.15) is 11.5 Å². The summed E-state index contributed by atoms with van der Waals surface area (Å²) in [6, 6.07) is 9.70. The summed E-state index contributed by atoms with van der Waals surface area (Å²) in [6.45, 7) is 3.04. The van der Waals surface area contributed by atoms with Crippen molar-refractivity contribution < 1.29 is 9.18 Å². The molecule has 0 bridgehead atoms. The highest BCUT2D eigenvalue weighted by Crippen LogP contribution is 2.21. The number of nitrogens with zero attached hydrogens (tertiary/aromatic N) is 5. The number of aromatic nitrogens is 4. The number of carbonyl (C=O) groups is 1. The lowest BCUT2D eigenvalue weighted by Gasteiger charge is -2.17. The van der Waals surface area contributed by atoms with Gasteiger partial charge in [-0.25, -0.2) is 4.39 Å². The fourth-order valence-electron chi connectivity index (χ4n) is 3.49. The maximum atomic E-state index is 13.1. The van der Waals surface area contributed by atoms with Gasteiger partial charge in [-0.1, -0.05) is 0 Å². The highest BCUT2D eigenvalue weighted by atomic mass is 19.1. The molecule has 1 aromatic carbocycles. The normalized spacial score (nSPS) is 13.5. The number of nitrogens with one attached hydrogen (secondary N) is 2. The molecule has 3 heterocycles.